The predicted molar refractivity (Wildman–Crippen MR) is 112 cm³/mol. The van der Waals surface area contributed by atoms with Gasteiger partial charge in [-0.1, -0.05) is 18.2 Å². The van der Waals surface area contributed by atoms with Gasteiger partial charge in [0.15, 0.2) is 0 Å². The first-order valence-corrected chi connectivity index (χ1v) is 9.75. The summed E-state index contributed by atoms with van der Waals surface area (Å²) >= 11 is 0. The number of hydrogen-bond acceptors (Lipinski definition) is 7. The van der Waals surface area contributed by atoms with Gasteiger partial charge in [0.25, 0.3) is 5.91 Å². The Labute approximate surface area is 175 Å². The zero-order valence-electron chi connectivity index (χ0n) is 17.0. The normalized spacial score (nSPS) is 13.8. The van der Waals surface area contributed by atoms with Crippen molar-refractivity contribution in [1.29, 1.82) is 0 Å². The summed E-state index contributed by atoms with van der Waals surface area (Å²) in [6.45, 7) is 4.39. The average Bonchev–Trinajstić information content (AvgIpc) is 2.79. The van der Waals surface area contributed by atoms with Crippen molar-refractivity contribution in [3.8, 4) is 17.5 Å². The molecule has 1 aromatic carbocycles. The van der Waals surface area contributed by atoms with Crippen LogP contribution in [-0.4, -0.2) is 59.0 Å². The van der Waals surface area contributed by atoms with Crippen LogP contribution in [0.4, 0.5) is 5.82 Å². The number of nitrogens with zero attached hydrogens (tertiary/aromatic N) is 5. The van der Waals surface area contributed by atoms with E-state index >= 15 is 0 Å². The SMILES string of the molecule is COc1cc(C(=O)N2CCN(c3cc(Oc4ccccc4)nc(C)n3)CC2)ccn1. The van der Waals surface area contributed by atoms with Crippen LogP contribution in [-0.2, 0) is 0 Å². The Hall–Kier alpha value is -3.68. The number of ether oxygens (including phenoxy) is 2. The van der Waals surface area contributed by atoms with Crippen molar-refractivity contribution in [2.24, 2.45) is 0 Å². The van der Waals surface area contributed by atoms with E-state index in [1.165, 1.54) is 7.11 Å². The number of benzene rings is 1. The number of hydrogen-bond donors (Lipinski definition) is 0. The Balaban J connectivity index is 1.43. The average molecular weight is 405 g/mol. The van der Waals surface area contributed by atoms with Crippen LogP contribution in [0, 0.1) is 6.92 Å². The van der Waals surface area contributed by atoms with Crippen molar-refractivity contribution in [1.82, 2.24) is 19.9 Å². The minimum absolute atomic E-state index is 0.0256. The van der Waals surface area contributed by atoms with Crippen molar-refractivity contribution in [3.63, 3.8) is 0 Å². The molecule has 3 aromatic rings. The molecule has 0 N–H and O–H groups in total. The lowest BCUT2D eigenvalue weighted by Crippen LogP contribution is -2.49. The van der Waals surface area contributed by atoms with E-state index in [4.69, 9.17) is 9.47 Å². The zero-order chi connectivity index (χ0) is 20.9. The lowest BCUT2D eigenvalue weighted by Gasteiger charge is -2.35. The molecule has 4 rings (SSSR count). The maximum absolute atomic E-state index is 12.8. The largest absolute Gasteiger partial charge is 0.481 e. The fourth-order valence-corrected chi connectivity index (χ4v) is 3.32. The van der Waals surface area contributed by atoms with Crippen LogP contribution in [0.1, 0.15) is 16.2 Å². The Bertz CT molecular complexity index is 1020. The van der Waals surface area contributed by atoms with Crippen LogP contribution < -0.4 is 14.4 Å². The summed E-state index contributed by atoms with van der Waals surface area (Å²) in [6, 6.07) is 14.7. The van der Waals surface area contributed by atoms with Crippen molar-refractivity contribution >= 4 is 11.7 Å². The topological polar surface area (TPSA) is 80.7 Å². The van der Waals surface area contributed by atoms with E-state index < -0.39 is 0 Å². The summed E-state index contributed by atoms with van der Waals surface area (Å²) in [6.07, 6.45) is 1.58. The van der Waals surface area contributed by atoms with Gasteiger partial charge in [-0.25, -0.2) is 9.97 Å². The quantitative estimate of drug-likeness (QED) is 0.646. The molecule has 1 aliphatic rings. The van der Waals surface area contributed by atoms with Gasteiger partial charge in [0, 0.05) is 50.1 Å². The van der Waals surface area contributed by atoms with E-state index in [9.17, 15) is 4.79 Å². The van der Waals surface area contributed by atoms with E-state index in [2.05, 4.69) is 19.9 Å². The summed E-state index contributed by atoms with van der Waals surface area (Å²) in [4.78, 5) is 29.8. The van der Waals surface area contributed by atoms with Crippen molar-refractivity contribution in [2.75, 3.05) is 38.2 Å². The molecule has 0 spiro atoms. The lowest BCUT2D eigenvalue weighted by molar-refractivity contribution is 0.0746. The lowest BCUT2D eigenvalue weighted by atomic mass is 10.2. The fraction of sp³-hybridized carbons (Fsp3) is 0.273. The zero-order valence-corrected chi connectivity index (χ0v) is 17.0. The number of aryl methyl sites for hydroxylation is 1. The highest BCUT2D eigenvalue weighted by Gasteiger charge is 2.24. The molecule has 1 saturated heterocycles. The molecule has 1 fully saturated rings. The molecule has 0 unspecified atom stereocenters. The monoisotopic (exact) mass is 405 g/mol. The Morgan fingerprint density at radius 3 is 2.47 bits per heavy atom. The first-order chi connectivity index (χ1) is 14.6. The van der Waals surface area contributed by atoms with Gasteiger partial charge in [0.05, 0.1) is 7.11 Å². The number of pyridine rings is 1. The molecule has 2 aromatic heterocycles. The van der Waals surface area contributed by atoms with Gasteiger partial charge in [0.1, 0.15) is 17.4 Å². The van der Waals surface area contributed by atoms with Crippen LogP contribution in [0.5, 0.6) is 17.5 Å². The molecule has 1 aliphatic heterocycles. The van der Waals surface area contributed by atoms with E-state index in [1.54, 1.807) is 18.3 Å². The predicted octanol–water partition coefficient (Wildman–Crippen LogP) is 2.94. The molecular weight excluding hydrogens is 382 g/mol. The number of carbonyl (C=O) groups excluding carboxylic acids is 1. The molecule has 0 saturated carbocycles. The standard InChI is InChI=1S/C22H23N5O3/c1-16-24-19(15-21(25-16)30-18-6-4-3-5-7-18)26-10-12-27(13-11-26)22(28)17-8-9-23-20(14-17)29-2/h3-9,14-15H,10-13H2,1-2H3. The molecule has 1 amide bonds. The number of aromatic nitrogens is 3. The third-order valence-corrected chi connectivity index (χ3v) is 4.85. The van der Waals surface area contributed by atoms with Gasteiger partial charge < -0.3 is 19.3 Å². The van der Waals surface area contributed by atoms with Gasteiger partial charge in [0.2, 0.25) is 11.8 Å². The fourth-order valence-electron chi connectivity index (χ4n) is 3.32. The number of amides is 1. The Kier molecular flexibility index (Phi) is 5.74. The highest BCUT2D eigenvalue weighted by molar-refractivity contribution is 5.94. The van der Waals surface area contributed by atoms with Gasteiger partial charge in [-0.15, -0.1) is 0 Å². The Morgan fingerprint density at radius 2 is 1.73 bits per heavy atom. The second-order valence-corrected chi connectivity index (χ2v) is 6.89. The van der Waals surface area contributed by atoms with Crippen molar-refractivity contribution in [2.45, 2.75) is 6.92 Å². The minimum Gasteiger partial charge on any atom is -0.481 e. The molecule has 0 radical (unpaired) electrons. The summed E-state index contributed by atoms with van der Waals surface area (Å²) < 4.78 is 11.0. The first kappa shape index (κ1) is 19.6. The molecule has 3 heterocycles. The van der Waals surface area contributed by atoms with E-state index in [0.29, 0.717) is 49.3 Å². The van der Waals surface area contributed by atoms with Crippen molar-refractivity contribution < 1.29 is 14.3 Å². The van der Waals surface area contributed by atoms with Gasteiger partial charge in [-0.2, -0.15) is 4.98 Å². The van der Waals surface area contributed by atoms with Crippen LogP contribution in [0.15, 0.2) is 54.7 Å². The number of anilines is 1. The second-order valence-electron chi connectivity index (χ2n) is 6.89. The van der Waals surface area contributed by atoms with Gasteiger partial charge >= 0.3 is 0 Å². The smallest absolute Gasteiger partial charge is 0.254 e. The van der Waals surface area contributed by atoms with Gasteiger partial charge in [-0.3, -0.25) is 4.79 Å². The number of piperazine rings is 1. The molecule has 30 heavy (non-hydrogen) atoms. The molecule has 154 valence electrons. The number of carbonyl (C=O) groups is 1. The summed E-state index contributed by atoms with van der Waals surface area (Å²) in [5, 5.41) is 0. The van der Waals surface area contributed by atoms with Gasteiger partial charge in [-0.05, 0) is 25.1 Å². The van der Waals surface area contributed by atoms with Crippen LogP contribution >= 0.6 is 0 Å². The minimum atomic E-state index is -0.0256. The third-order valence-electron chi connectivity index (χ3n) is 4.85. The van der Waals surface area contributed by atoms with Crippen LogP contribution in [0.25, 0.3) is 0 Å². The van der Waals surface area contributed by atoms with E-state index in [-0.39, 0.29) is 5.91 Å². The second kappa shape index (κ2) is 8.77. The molecule has 8 heteroatoms. The first-order valence-electron chi connectivity index (χ1n) is 9.75. The molecule has 0 bridgehead atoms. The molecule has 0 atom stereocenters. The molecule has 0 aliphatic carbocycles. The number of methoxy groups -OCH3 is 1. The highest BCUT2D eigenvalue weighted by Crippen LogP contribution is 2.24. The summed E-state index contributed by atoms with van der Waals surface area (Å²) in [5.41, 5.74) is 0.576. The third kappa shape index (κ3) is 4.48. The maximum Gasteiger partial charge on any atom is 0.254 e. The summed E-state index contributed by atoms with van der Waals surface area (Å²) in [5.74, 6) is 3.08. The van der Waals surface area contributed by atoms with Crippen LogP contribution in [0.2, 0.25) is 0 Å². The van der Waals surface area contributed by atoms with Crippen molar-refractivity contribution in [3.05, 3.63) is 66.1 Å². The number of para-hydroxylation sites is 1. The number of rotatable bonds is 5. The maximum atomic E-state index is 12.8. The van der Waals surface area contributed by atoms with E-state index in [0.717, 1.165) is 11.6 Å². The molecule has 8 nitrogen and oxygen atoms in total. The van der Waals surface area contributed by atoms with E-state index in [1.807, 2.05) is 48.2 Å². The Morgan fingerprint density at radius 1 is 0.967 bits per heavy atom. The summed E-state index contributed by atoms with van der Waals surface area (Å²) in [7, 11) is 1.54. The molecular formula is C22H23N5O3. The highest BCUT2D eigenvalue weighted by atomic mass is 16.5. The van der Waals surface area contributed by atoms with Crippen LogP contribution in [0.3, 0.4) is 0 Å².